The molecule has 1 aliphatic carbocycles. The smallest absolute Gasteiger partial charge is 0.279 e. The minimum absolute atomic E-state index is 0.0785. The lowest BCUT2D eigenvalue weighted by atomic mass is 9.93. The summed E-state index contributed by atoms with van der Waals surface area (Å²) >= 11 is 0. The van der Waals surface area contributed by atoms with Gasteiger partial charge in [0.15, 0.2) is 11.4 Å². The summed E-state index contributed by atoms with van der Waals surface area (Å²) in [7, 11) is 0. The number of carbonyl (C=O) groups excluding carboxylic acids is 2. The van der Waals surface area contributed by atoms with Crippen LogP contribution in [-0.2, 0) is 17.6 Å². The molecule has 3 aliphatic rings. The van der Waals surface area contributed by atoms with Crippen molar-refractivity contribution in [2.45, 2.75) is 45.1 Å². The third-order valence-corrected chi connectivity index (χ3v) is 7.61. The molecule has 2 atom stereocenters. The molecule has 1 aromatic heterocycles. The highest BCUT2D eigenvalue weighted by Crippen LogP contribution is 2.42. The Labute approximate surface area is 202 Å². The van der Waals surface area contributed by atoms with Crippen molar-refractivity contribution in [1.82, 2.24) is 14.5 Å². The van der Waals surface area contributed by atoms with E-state index in [9.17, 15) is 19.5 Å². The molecule has 1 N–H and O–H groups in total. The van der Waals surface area contributed by atoms with Gasteiger partial charge >= 0.3 is 0 Å². The molecule has 0 saturated carbocycles. The van der Waals surface area contributed by atoms with Crippen LogP contribution in [-0.4, -0.2) is 50.3 Å². The molecular weight excluding hydrogens is 444 g/mol. The normalized spacial score (nSPS) is 21.2. The molecule has 8 nitrogen and oxygen atoms in total. The highest BCUT2D eigenvalue weighted by Gasteiger charge is 2.52. The van der Waals surface area contributed by atoms with E-state index in [1.807, 2.05) is 24.3 Å². The van der Waals surface area contributed by atoms with Crippen LogP contribution in [0.3, 0.4) is 0 Å². The molecule has 2 unspecified atom stereocenters. The minimum atomic E-state index is -0.611. The van der Waals surface area contributed by atoms with Crippen LogP contribution in [0.1, 0.15) is 52.6 Å². The summed E-state index contributed by atoms with van der Waals surface area (Å²) in [4.78, 5) is 41.9. The number of carbonyl (C=O) groups is 2. The first kappa shape index (κ1) is 21.5. The van der Waals surface area contributed by atoms with E-state index in [1.165, 1.54) is 24.1 Å². The van der Waals surface area contributed by atoms with Gasteiger partial charge < -0.3 is 10.0 Å². The monoisotopic (exact) mass is 470 g/mol. The zero-order valence-corrected chi connectivity index (χ0v) is 19.6. The van der Waals surface area contributed by atoms with Crippen molar-refractivity contribution in [3.05, 3.63) is 99.0 Å². The van der Waals surface area contributed by atoms with Gasteiger partial charge in [-0.05, 0) is 42.0 Å². The average molecular weight is 471 g/mol. The van der Waals surface area contributed by atoms with E-state index in [2.05, 4.69) is 29.3 Å². The second kappa shape index (κ2) is 7.73. The first-order chi connectivity index (χ1) is 16.9. The lowest BCUT2D eigenvalue weighted by Crippen LogP contribution is -2.62. The van der Waals surface area contributed by atoms with Crippen LogP contribution in [0.25, 0.3) is 0 Å². The van der Waals surface area contributed by atoms with E-state index >= 15 is 0 Å². The standard InChI is InChI=1S/C27H26N4O4/c1-16-28(17(2)32)15-23-30(16)27(35)25-26(34)22(33)13-14-29(25)31(23)24-20-9-5-3-7-18(20)11-12-19-8-4-6-10-21(19)24/h3-10,13-14,16,23-24,34H,11-12,15H2,1-2H3. The number of amides is 2. The van der Waals surface area contributed by atoms with Gasteiger partial charge in [-0.25, -0.2) is 0 Å². The van der Waals surface area contributed by atoms with Gasteiger partial charge in [0.1, 0.15) is 12.3 Å². The summed E-state index contributed by atoms with van der Waals surface area (Å²) in [6.45, 7) is 3.61. The number of aryl methyl sites for hydroxylation is 2. The van der Waals surface area contributed by atoms with Crippen LogP contribution in [0, 0.1) is 0 Å². The molecule has 0 spiro atoms. The van der Waals surface area contributed by atoms with Crippen molar-refractivity contribution in [1.29, 1.82) is 0 Å². The number of aromatic nitrogens is 1. The van der Waals surface area contributed by atoms with Gasteiger partial charge in [0.05, 0.1) is 12.6 Å². The SMILES string of the molecule is CC(=O)N1CC2N(C(=O)c3c(O)c(=O)ccn3N2C2c3ccccc3CCc3ccccc32)C1C. The molecule has 35 heavy (non-hydrogen) atoms. The molecule has 8 heteroatoms. The Balaban J connectivity index is 1.66. The second-order valence-electron chi connectivity index (χ2n) is 9.40. The van der Waals surface area contributed by atoms with Crippen LogP contribution in [0.2, 0.25) is 0 Å². The van der Waals surface area contributed by atoms with Crippen LogP contribution in [0.15, 0.2) is 65.6 Å². The maximum Gasteiger partial charge on any atom is 0.279 e. The largest absolute Gasteiger partial charge is 0.502 e. The van der Waals surface area contributed by atoms with Crippen molar-refractivity contribution in [2.24, 2.45) is 0 Å². The number of benzene rings is 2. The topological polar surface area (TPSA) is 86.1 Å². The minimum Gasteiger partial charge on any atom is -0.502 e. The highest BCUT2D eigenvalue weighted by atomic mass is 16.3. The lowest BCUT2D eigenvalue weighted by Gasteiger charge is -2.47. The predicted molar refractivity (Wildman–Crippen MR) is 130 cm³/mol. The number of hydrogen-bond acceptors (Lipinski definition) is 5. The van der Waals surface area contributed by atoms with Crippen molar-refractivity contribution >= 4 is 11.8 Å². The molecule has 6 rings (SSSR count). The van der Waals surface area contributed by atoms with Crippen LogP contribution in [0.4, 0.5) is 0 Å². The average Bonchev–Trinajstić information content (AvgIpc) is 3.11. The fourth-order valence-electron chi connectivity index (χ4n) is 5.97. The van der Waals surface area contributed by atoms with Crippen molar-refractivity contribution < 1.29 is 14.7 Å². The molecule has 3 heterocycles. The maximum absolute atomic E-state index is 13.7. The van der Waals surface area contributed by atoms with E-state index in [0.29, 0.717) is 6.54 Å². The van der Waals surface area contributed by atoms with Gasteiger partial charge in [0.25, 0.3) is 5.91 Å². The third-order valence-electron chi connectivity index (χ3n) is 7.61. The van der Waals surface area contributed by atoms with Crippen LogP contribution < -0.4 is 10.4 Å². The Morgan fingerprint density at radius 1 is 0.943 bits per heavy atom. The highest BCUT2D eigenvalue weighted by molar-refractivity contribution is 5.97. The van der Waals surface area contributed by atoms with Crippen LogP contribution >= 0.6 is 0 Å². The number of nitrogens with zero attached hydrogens (tertiary/aromatic N) is 4. The summed E-state index contributed by atoms with van der Waals surface area (Å²) in [5.41, 5.74) is 3.93. The van der Waals surface area contributed by atoms with E-state index in [4.69, 9.17) is 0 Å². The van der Waals surface area contributed by atoms with E-state index in [-0.39, 0.29) is 17.6 Å². The first-order valence-electron chi connectivity index (χ1n) is 11.9. The molecule has 2 amide bonds. The zero-order chi connectivity index (χ0) is 24.4. The molecule has 178 valence electrons. The van der Waals surface area contributed by atoms with Crippen LogP contribution in [0.5, 0.6) is 5.75 Å². The maximum atomic E-state index is 13.7. The fourth-order valence-corrected chi connectivity index (χ4v) is 5.97. The predicted octanol–water partition coefficient (Wildman–Crippen LogP) is 2.37. The van der Waals surface area contributed by atoms with Crippen molar-refractivity contribution in [2.75, 3.05) is 11.6 Å². The summed E-state index contributed by atoms with van der Waals surface area (Å²) in [5.74, 6) is -1.18. The first-order valence-corrected chi connectivity index (χ1v) is 11.9. The van der Waals surface area contributed by atoms with Gasteiger partial charge in [-0.1, -0.05) is 48.5 Å². The summed E-state index contributed by atoms with van der Waals surface area (Å²) in [5, 5.41) is 12.8. The quantitative estimate of drug-likeness (QED) is 0.590. The molecule has 2 aliphatic heterocycles. The Kier molecular flexibility index (Phi) is 4.74. The Hall–Kier alpha value is -4.07. The molecule has 0 bridgehead atoms. The Morgan fingerprint density at radius 2 is 1.54 bits per heavy atom. The van der Waals surface area contributed by atoms with Gasteiger partial charge in [0.2, 0.25) is 11.3 Å². The summed E-state index contributed by atoms with van der Waals surface area (Å²) in [6.07, 6.45) is 2.31. The van der Waals surface area contributed by atoms with Gasteiger partial charge in [-0.3, -0.25) is 29.0 Å². The van der Waals surface area contributed by atoms with Crippen molar-refractivity contribution in [3.8, 4) is 5.75 Å². The van der Waals surface area contributed by atoms with E-state index < -0.39 is 29.4 Å². The third kappa shape index (κ3) is 3.02. The second-order valence-corrected chi connectivity index (χ2v) is 9.40. The lowest BCUT2D eigenvalue weighted by molar-refractivity contribution is -0.130. The molecule has 3 aromatic rings. The molecule has 2 aromatic carbocycles. The summed E-state index contributed by atoms with van der Waals surface area (Å²) in [6, 6.07) is 17.5. The van der Waals surface area contributed by atoms with Gasteiger partial charge in [0, 0.05) is 19.2 Å². The number of hydrogen-bond donors (Lipinski definition) is 1. The number of rotatable bonds is 1. The Morgan fingerprint density at radius 3 is 2.14 bits per heavy atom. The number of pyridine rings is 1. The molecule has 0 radical (unpaired) electrons. The molecular formula is C27H26N4O4. The summed E-state index contributed by atoms with van der Waals surface area (Å²) < 4.78 is 1.63. The fraction of sp³-hybridized carbons (Fsp3) is 0.296. The van der Waals surface area contributed by atoms with E-state index in [0.717, 1.165) is 24.0 Å². The van der Waals surface area contributed by atoms with E-state index in [1.54, 1.807) is 27.6 Å². The number of aromatic hydroxyl groups is 1. The van der Waals surface area contributed by atoms with Gasteiger partial charge in [-0.2, -0.15) is 0 Å². The molecule has 1 saturated heterocycles. The van der Waals surface area contributed by atoms with Crippen molar-refractivity contribution in [3.63, 3.8) is 0 Å². The van der Waals surface area contributed by atoms with Gasteiger partial charge in [-0.15, -0.1) is 0 Å². The number of fused-ring (bicyclic) bond motifs is 4. The Bertz CT molecular complexity index is 1380. The molecule has 1 fully saturated rings. The zero-order valence-electron chi connectivity index (χ0n) is 19.6.